The van der Waals surface area contributed by atoms with Crippen molar-refractivity contribution in [2.75, 3.05) is 0 Å². The van der Waals surface area contributed by atoms with E-state index in [4.69, 9.17) is 4.74 Å². The van der Waals surface area contributed by atoms with Crippen molar-refractivity contribution in [1.29, 1.82) is 0 Å². The summed E-state index contributed by atoms with van der Waals surface area (Å²) in [5.41, 5.74) is 2.37. The molecule has 0 aromatic carbocycles. The second-order valence-corrected chi connectivity index (χ2v) is 2.84. The van der Waals surface area contributed by atoms with Crippen molar-refractivity contribution in [3.63, 3.8) is 0 Å². The van der Waals surface area contributed by atoms with E-state index in [1.807, 2.05) is 13.8 Å². The smallest absolute Gasteiger partial charge is 0.330 e. The van der Waals surface area contributed by atoms with Crippen LogP contribution in [-0.4, -0.2) is 15.9 Å². The maximum atomic E-state index is 10.7. The number of esters is 1. The van der Waals surface area contributed by atoms with Gasteiger partial charge >= 0.3 is 5.97 Å². The average molecular weight is 192 g/mol. The van der Waals surface area contributed by atoms with E-state index in [9.17, 15) is 4.79 Å². The minimum atomic E-state index is -0.454. The number of hydrogen-bond donors (Lipinski definition) is 0. The molecule has 0 amide bonds. The Kier molecular flexibility index (Phi) is 3.34. The second-order valence-electron chi connectivity index (χ2n) is 2.84. The van der Waals surface area contributed by atoms with Crippen molar-refractivity contribution >= 4 is 5.97 Å². The van der Waals surface area contributed by atoms with Crippen LogP contribution in [0.1, 0.15) is 17.1 Å². The van der Waals surface area contributed by atoms with Gasteiger partial charge in [0.2, 0.25) is 0 Å². The van der Waals surface area contributed by atoms with Gasteiger partial charge in [-0.05, 0) is 13.8 Å². The van der Waals surface area contributed by atoms with Gasteiger partial charge in [0.05, 0.1) is 23.3 Å². The van der Waals surface area contributed by atoms with E-state index >= 15 is 0 Å². The van der Waals surface area contributed by atoms with Crippen LogP contribution >= 0.6 is 0 Å². The number of nitrogens with zero attached hydrogens (tertiary/aromatic N) is 2. The third-order valence-electron chi connectivity index (χ3n) is 1.77. The fraction of sp³-hybridized carbons (Fsp3) is 0.300. The standard InChI is InChI=1S/C10H12N2O2/c1-4-10(13)14-6-9-5-11-7(2)8(3)12-9/h4-5H,1,6H2,2-3H3. The Hall–Kier alpha value is -1.71. The van der Waals surface area contributed by atoms with Gasteiger partial charge in [0.15, 0.2) is 0 Å². The lowest BCUT2D eigenvalue weighted by Gasteiger charge is -2.03. The number of carbonyl (C=O) groups excluding carboxylic acids is 1. The van der Waals surface area contributed by atoms with Crippen molar-refractivity contribution in [3.05, 3.63) is 35.9 Å². The third kappa shape index (κ3) is 2.65. The molecule has 1 rings (SSSR count). The molecular weight excluding hydrogens is 180 g/mol. The van der Waals surface area contributed by atoms with Gasteiger partial charge in [0.1, 0.15) is 6.61 Å². The van der Waals surface area contributed by atoms with Crippen molar-refractivity contribution < 1.29 is 9.53 Å². The Morgan fingerprint density at radius 1 is 1.57 bits per heavy atom. The maximum absolute atomic E-state index is 10.7. The Balaban J connectivity index is 2.64. The quantitative estimate of drug-likeness (QED) is 0.535. The highest BCUT2D eigenvalue weighted by Crippen LogP contribution is 2.02. The minimum Gasteiger partial charge on any atom is -0.456 e. The fourth-order valence-corrected chi connectivity index (χ4v) is 0.863. The van der Waals surface area contributed by atoms with Gasteiger partial charge in [-0.15, -0.1) is 0 Å². The zero-order chi connectivity index (χ0) is 10.6. The molecule has 0 radical (unpaired) electrons. The van der Waals surface area contributed by atoms with Crippen molar-refractivity contribution in [2.45, 2.75) is 20.5 Å². The molecule has 0 bridgehead atoms. The first-order chi connectivity index (χ1) is 6.63. The highest BCUT2D eigenvalue weighted by Gasteiger charge is 2.01. The van der Waals surface area contributed by atoms with Crippen molar-refractivity contribution in [2.24, 2.45) is 0 Å². The predicted molar refractivity (Wildman–Crippen MR) is 51.5 cm³/mol. The van der Waals surface area contributed by atoms with Crippen LogP contribution in [0.15, 0.2) is 18.9 Å². The lowest BCUT2D eigenvalue weighted by atomic mass is 10.3. The van der Waals surface area contributed by atoms with Crippen LogP contribution in [0.25, 0.3) is 0 Å². The number of carbonyl (C=O) groups is 1. The molecule has 1 aromatic rings. The number of rotatable bonds is 3. The van der Waals surface area contributed by atoms with E-state index in [0.717, 1.165) is 17.5 Å². The summed E-state index contributed by atoms with van der Waals surface area (Å²) in [6.07, 6.45) is 2.72. The molecule has 74 valence electrons. The molecule has 0 aliphatic rings. The lowest BCUT2D eigenvalue weighted by molar-refractivity contribution is -0.139. The summed E-state index contributed by atoms with van der Waals surface area (Å²) >= 11 is 0. The highest BCUT2D eigenvalue weighted by molar-refractivity contribution is 5.81. The Morgan fingerprint density at radius 3 is 2.86 bits per heavy atom. The van der Waals surface area contributed by atoms with Crippen LogP contribution in [0.3, 0.4) is 0 Å². The van der Waals surface area contributed by atoms with Gasteiger partial charge in [-0.3, -0.25) is 9.97 Å². The minimum absolute atomic E-state index is 0.138. The number of hydrogen-bond acceptors (Lipinski definition) is 4. The van der Waals surface area contributed by atoms with Crippen LogP contribution < -0.4 is 0 Å². The molecule has 0 spiro atoms. The van der Waals surface area contributed by atoms with E-state index in [1.165, 1.54) is 0 Å². The normalized spacial score (nSPS) is 9.57. The molecule has 0 aliphatic carbocycles. The zero-order valence-corrected chi connectivity index (χ0v) is 8.28. The molecule has 0 unspecified atom stereocenters. The van der Waals surface area contributed by atoms with Crippen molar-refractivity contribution in [3.8, 4) is 0 Å². The summed E-state index contributed by atoms with van der Waals surface area (Å²) in [7, 11) is 0. The Labute approximate surface area is 82.6 Å². The molecule has 4 nitrogen and oxygen atoms in total. The summed E-state index contributed by atoms with van der Waals surface area (Å²) in [5.74, 6) is -0.454. The van der Waals surface area contributed by atoms with Crippen molar-refractivity contribution in [1.82, 2.24) is 9.97 Å². The van der Waals surface area contributed by atoms with Crippen LogP contribution in [-0.2, 0) is 16.1 Å². The molecule has 0 saturated heterocycles. The maximum Gasteiger partial charge on any atom is 0.330 e. The van der Waals surface area contributed by atoms with Gasteiger partial charge in [-0.25, -0.2) is 4.79 Å². The molecule has 0 atom stereocenters. The molecule has 1 heterocycles. The molecule has 0 aliphatic heterocycles. The van der Waals surface area contributed by atoms with E-state index < -0.39 is 5.97 Å². The molecule has 1 aromatic heterocycles. The zero-order valence-electron chi connectivity index (χ0n) is 8.28. The van der Waals surface area contributed by atoms with Crippen LogP contribution in [0.5, 0.6) is 0 Å². The molecule has 14 heavy (non-hydrogen) atoms. The molecule has 0 saturated carbocycles. The largest absolute Gasteiger partial charge is 0.456 e. The summed E-state index contributed by atoms with van der Waals surface area (Å²) in [5, 5.41) is 0. The van der Waals surface area contributed by atoms with E-state index in [2.05, 4.69) is 16.5 Å². The average Bonchev–Trinajstić information content (AvgIpc) is 2.19. The molecule has 4 heteroatoms. The molecule has 0 N–H and O–H groups in total. The fourth-order valence-electron chi connectivity index (χ4n) is 0.863. The summed E-state index contributed by atoms with van der Waals surface area (Å²) in [6, 6.07) is 0. The number of aromatic nitrogens is 2. The Bertz CT molecular complexity index is 361. The number of aryl methyl sites for hydroxylation is 2. The van der Waals surface area contributed by atoms with Gasteiger partial charge in [0, 0.05) is 6.08 Å². The molecule has 0 fully saturated rings. The Morgan fingerprint density at radius 2 is 2.29 bits per heavy atom. The monoisotopic (exact) mass is 192 g/mol. The van der Waals surface area contributed by atoms with E-state index in [1.54, 1.807) is 6.20 Å². The third-order valence-corrected chi connectivity index (χ3v) is 1.77. The molecular formula is C10H12N2O2. The van der Waals surface area contributed by atoms with E-state index in [0.29, 0.717) is 5.69 Å². The lowest BCUT2D eigenvalue weighted by Crippen LogP contribution is -2.04. The first-order valence-corrected chi connectivity index (χ1v) is 4.22. The highest BCUT2D eigenvalue weighted by atomic mass is 16.5. The SMILES string of the molecule is C=CC(=O)OCc1cnc(C)c(C)n1. The predicted octanol–water partition coefficient (Wildman–Crippen LogP) is 1.32. The topological polar surface area (TPSA) is 52.1 Å². The summed E-state index contributed by atoms with van der Waals surface area (Å²) in [6.45, 7) is 7.17. The number of ether oxygens (including phenoxy) is 1. The first kappa shape index (κ1) is 10.4. The van der Waals surface area contributed by atoms with Gasteiger partial charge < -0.3 is 4.74 Å². The van der Waals surface area contributed by atoms with Crippen LogP contribution in [0.4, 0.5) is 0 Å². The first-order valence-electron chi connectivity index (χ1n) is 4.22. The van der Waals surface area contributed by atoms with Gasteiger partial charge in [0.25, 0.3) is 0 Å². The van der Waals surface area contributed by atoms with Crippen LogP contribution in [0, 0.1) is 13.8 Å². The summed E-state index contributed by atoms with van der Waals surface area (Å²) in [4.78, 5) is 19.1. The van der Waals surface area contributed by atoms with Crippen LogP contribution in [0.2, 0.25) is 0 Å². The van der Waals surface area contributed by atoms with Gasteiger partial charge in [-0.1, -0.05) is 6.58 Å². The summed E-state index contributed by atoms with van der Waals surface area (Å²) < 4.78 is 4.81. The van der Waals surface area contributed by atoms with Gasteiger partial charge in [-0.2, -0.15) is 0 Å². The van der Waals surface area contributed by atoms with E-state index in [-0.39, 0.29) is 6.61 Å². The second kappa shape index (κ2) is 4.50.